The van der Waals surface area contributed by atoms with Crippen molar-refractivity contribution in [3.8, 4) is 11.1 Å². The normalized spacial score (nSPS) is 17.4. The fraction of sp³-hybridized carbons (Fsp3) is 0.308. The Morgan fingerprint density at radius 3 is 2.04 bits per heavy atom. The molecule has 0 N–H and O–H groups in total. The van der Waals surface area contributed by atoms with E-state index in [-0.39, 0.29) is 5.82 Å². The van der Waals surface area contributed by atoms with Crippen LogP contribution >= 0.6 is 0 Å². The number of hydrogen-bond donors (Lipinski definition) is 0. The van der Waals surface area contributed by atoms with Crippen molar-refractivity contribution in [3.63, 3.8) is 0 Å². The number of rotatable bonds is 2. The molecule has 0 fully saturated rings. The summed E-state index contributed by atoms with van der Waals surface area (Å²) in [7, 11) is 6.49. The molecule has 0 amide bonds. The predicted molar refractivity (Wildman–Crippen MR) is 118 cm³/mol. The van der Waals surface area contributed by atoms with Crippen molar-refractivity contribution in [1.29, 1.82) is 0 Å². The van der Waals surface area contributed by atoms with E-state index >= 15 is 0 Å². The average molecular weight is 348 g/mol. The van der Waals surface area contributed by atoms with Crippen LogP contribution in [0.4, 0.5) is 0 Å². The van der Waals surface area contributed by atoms with Crippen molar-refractivity contribution in [2.24, 2.45) is 0 Å². The van der Waals surface area contributed by atoms with Gasteiger partial charge < -0.3 is 0 Å². The molecule has 0 saturated carbocycles. The van der Waals surface area contributed by atoms with Crippen LogP contribution < -0.4 is 0 Å². The molecule has 1 unspecified atom stereocenters. The molecule has 2 radical (unpaired) electrons. The summed E-state index contributed by atoms with van der Waals surface area (Å²) in [6.45, 7) is 9.31. The summed E-state index contributed by atoms with van der Waals surface area (Å²) in [6.07, 6.45) is 3.32. The van der Waals surface area contributed by atoms with E-state index in [9.17, 15) is 0 Å². The van der Waals surface area contributed by atoms with Gasteiger partial charge in [0.15, 0.2) is 0 Å². The van der Waals surface area contributed by atoms with Gasteiger partial charge in [0, 0.05) is 0 Å². The Morgan fingerprint density at radius 2 is 1.41 bits per heavy atom. The Balaban J connectivity index is 2.04. The first kappa shape index (κ1) is 16.9. The maximum absolute atomic E-state index is 6.49. The lowest BCUT2D eigenvalue weighted by Gasteiger charge is -2.24. The van der Waals surface area contributed by atoms with Crippen LogP contribution in [-0.4, -0.2) is 7.85 Å². The molecular formula is C26H25B. The third-order valence-corrected chi connectivity index (χ3v) is 6.33. The van der Waals surface area contributed by atoms with Crippen molar-refractivity contribution >= 4 is 24.2 Å². The zero-order valence-electron chi connectivity index (χ0n) is 16.6. The minimum absolute atomic E-state index is 0.109. The number of benzene rings is 3. The number of fused-ring (bicyclic) bond motifs is 4. The van der Waals surface area contributed by atoms with Gasteiger partial charge in [0.05, 0.1) is 7.85 Å². The van der Waals surface area contributed by atoms with Crippen LogP contribution in [0, 0.1) is 0 Å². The molecule has 0 spiro atoms. The summed E-state index contributed by atoms with van der Waals surface area (Å²) in [6, 6.07) is 15.7. The van der Waals surface area contributed by atoms with Gasteiger partial charge in [-0.2, -0.15) is 0 Å². The highest BCUT2D eigenvalue weighted by atomic mass is 14.4. The van der Waals surface area contributed by atoms with Crippen LogP contribution in [-0.2, 0) is 0 Å². The molecule has 1 heteroatoms. The van der Waals surface area contributed by atoms with E-state index in [1.807, 2.05) is 0 Å². The molecule has 0 saturated heterocycles. The largest absolute Gasteiger partial charge is 0.0768 e. The van der Waals surface area contributed by atoms with E-state index in [1.54, 1.807) is 0 Å². The second-order valence-corrected chi connectivity index (χ2v) is 8.66. The van der Waals surface area contributed by atoms with Gasteiger partial charge in [-0.05, 0) is 79.4 Å². The molecule has 1 atom stereocenters. The zero-order chi connectivity index (χ0) is 18.9. The summed E-state index contributed by atoms with van der Waals surface area (Å²) < 4.78 is 0. The van der Waals surface area contributed by atoms with Gasteiger partial charge in [0.1, 0.15) is 0 Å². The topological polar surface area (TPSA) is 0 Å². The van der Waals surface area contributed by atoms with Gasteiger partial charge in [-0.1, -0.05) is 76.2 Å². The molecule has 0 heterocycles. The minimum Gasteiger partial charge on any atom is -0.0761 e. The summed E-state index contributed by atoms with van der Waals surface area (Å²) in [4.78, 5) is 0. The summed E-state index contributed by atoms with van der Waals surface area (Å²) >= 11 is 0. The molecule has 0 nitrogen and oxygen atoms in total. The molecule has 132 valence electrons. The van der Waals surface area contributed by atoms with Gasteiger partial charge in [-0.25, -0.2) is 0 Å². The molecule has 2 aliphatic rings. The maximum atomic E-state index is 6.49. The van der Waals surface area contributed by atoms with Crippen molar-refractivity contribution in [2.75, 3.05) is 0 Å². The lowest BCUT2D eigenvalue weighted by atomic mass is 9.71. The lowest BCUT2D eigenvalue weighted by molar-refractivity contribution is 0.859. The highest BCUT2D eigenvalue weighted by Crippen LogP contribution is 2.56. The van der Waals surface area contributed by atoms with Crippen molar-refractivity contribution < 1.29 is 0 Å². The van der Waals surface area contributed by atoms with Crippen molar-refractivity contribution in [2.45, 2.75) is 51.8 Å². The molecule has 27 heavy (non-hydrogen) atoms. The van der Waals surface area contributed by atoms with Crippen LogP contribution in [0.2, 0.25) is 0 Å². The Kier molecular flexibility index (Phi) is 3.66. The third-order valence-electron chi connectivity index (χ3n) is 6.33. The number of hydrogen-bond acceptors (Lipinski definition) is 0. The minimum atomic E-state index is 0.109. The van der Waals surface area contributed by atoms with Gasteiger partial charge in [0.25, 0.3) is 0 Å². The smallest absolute Gasteiger partial charge is 0.0761 e. The second-order valence-electron chi connectivity index (χ2n) is 8.66. The van der Waals surface area contributed by atoms with Gasteiger partial charge in [-0.3, -0.25) is 0 Å². The zero-order valence-corrected chi connectivity index (χ0v) is 16.6. The second kappa shape index (κ2) is 5.86. The Morgan fingerprint density at radius 1 is 0.778 bits per heavy atom. The quantitative estimate of drug-likeness (QED) is 0.339. The highest BCUT2D eigenvalue weighted by Gasteiger charge is 2.35. The first-order valence-electron chi connectivity index (χ1n) is 10.2. The first-order valence-corrected chi connectivity index (χ1v) is 10.2. The molecule has 0 aromatic heterocycles. The molecule has 5 rings (SSSR count). The molecule has 3 aromatic carbocycles. The van der Waals surface area contributed by atoms with E-state index in [1.165, 1.54) is 55.3 Å². The Hall–Kier alpha value is -2.28. The van der Waals surface area contributed by atoms with Crippen LogP contribution in [0.15, 0.2) is 48.5 Å². The highest BCUT2D eigenvalue weighted by molar-refractivity contribution is 6.17. The monoisotopic (exact) mass is 348 g/mol. The van der Waals surface area contributed by atoms with Crippen LogP contribution in [0.1, 0.15) is 79.6 Å². The Bertz CT molecular complexity index is 1110. The number of allylic oxidation sites excluding steroid dienone is 1. The van der Waals surface area contributed by atoms with Crippen LogP contribution in [0.5, 0.6) is 0 Å². The SMILES string of the molecule is [B]C1CC=C2c3c(cccc31)-c1c2c(C(C)C)c2ccccc2c1C(C)C. The summed E-state index contributed by atoms with van der Waals surface area (Å²) in [5.41, 5.74) is 11.4. The fourth-order valence-electron chi connectivity index (χ4n) is 5.34. The van der Waals surface area contributed by atoms with Crippen molar-refractivity contribution in [1.82, 2.24) is 0 Å². The summed E-state index contributed by atoms with van der Waals surface area (Å²) in [5, 5.41) is 2.83. The third kappa shape index (κ3) is 2.18. The van der Waals surface area contributed by atoms with Gasteiger partial charge >= 0.3 is 0 Å². The molecule has 2 aliphatic carbocycles. The average Bonchev–Trinajstić information content (AvgIpc) is 2.97. The maximum Gasteiger partial charge on any atom is 0.0768 e. The van der Waals surface area contributed by atoms with Gasteiger partial charge in [-0.15, -0.1) is 0 Å². The standard InChI is InChI=1S/C26H25B/c1-14(2)22-16-8-5-6-9-17(16)23(15(3)4)26-20-12-13-21(27)18-10-7-11-19(24(18)20)25(22)26/h5-12,14-15,21H,13H2,1-4H3. The molecular weight excluding hydrogens is 323 g/mol. The van der Waals surface area contributed by atoms with E-state index in [2.05, 4.69) is 76.2 Å². The molecule has 0 aliphatic heterocycles. The summed E-state index contributed by atoms with van der Waals surface area (Å²) in [5.74, 6) is 1.05. The lowest BCUT2D eigenvalue weighted by Crippen LogP contribution is -2.07. The van der Waals surface area contributed by atoms with Crippen LogP contribution in [0.3, 0.4) is 0 Å². The Labute approximate surface area is 163 Å². The van der Waals surface area contributed by atoms with E-state index in [4.69, 9.17) is 7.85 Å². The molecule has 3 aromatic rings. The van der Waals surface area contributed by atoms with E-state index in [0.29, 0.717) is 11.8 Å². The van der Waals surface area contributed by atoms with Crippen LogP contribution in [0.25, 0.3) is 27.5 Å². The fourth-order valence-corrected chi connectivity index (χ4v) is 5.34. The predicted octanol–water partition coefficient (Wildman–Crippen LogP) is 7.11. The van der Waals surface area contributed by atoms with E-state index in [0.717, 1.165) is 6.42 Å². The molecule has 0 bridgehead atoms. The van der Waals surface area contributed by atoms with Gasteiger partial charge in [0.2, 0.25) is 0 Å². The van der Waals surface area contributed by atoms with Crippen molar-refractivity contribution in [3.05, 3.63) is 76.4 Å². The first-order chi connectivity index (χ1) is 13.0. The van der Waals surface area contributed by atoms with E-state index < -0.39 is 0 Å².